The molecular weight excluding hydrogens is 404 g/mol. The lowest BCUT2D eigenvalue weighted by Gasteiger charge is -2.31. The number of anilines is 2. The number of nitrogens with one attached hydrogen (secondary N) is 1. The number of Topliss-reactive ketones (excluding diaryl/α,β-unsaturated/α-hetero) is 1. The van der Waals surface area contributed by atoms with Crippen molar-refractivity contribution in [2.45, 2.75) is 39.5 Å². The molecule has 0 aliphatic carbocycles. The van der Waals surface area contributed by atoms with Crippen molar-refractivity contribution in [3.8, 4) is 0 Å². The van der Waals surface area contributed by atoms with Gasteiger partial charge >= 0.3 is 0 Å². The first-order valence-electron chi connectivity index (χ1n) is 9.99. The summed E-state index contributed by atoms with van der Waals surface area (Å²) < 4.78 is 27.2. The van der Waals surface area contributed by atoms with Gasteiger partial charge in [0.2, 0.25) is 5.91 Å². The minimum Gasteiger partial charge on any atom is -0.402 e. The number of hydrogen-bond acceptors (Lipinski definition) is 6. The molecule has 31 heavy (non-hydrogen) atoms. The predicted octanol–water partition coefficient (Wildman–Crippen LogP) is 3.50. The first kappa shape index (κ1) is 22.3. The Morgan fingerprint density at radius 2 is 1.77 bits per heavy atom. The second-order valence-electron chi connectivity index (χ2n) is 7.70. The first-order chi connectivity index (χ1) is 14.6. The van der Waals surface area contributed by atoms with E-state index in [-0.39, 0.29) is 34.7 Å². The SMILES string of the molecule is CC(=O)/C(=C(/C)N)c1cc(Nc2cc(F)cc(F)c2)nc(C2CCCN(C(C)=O)C2)n1. The third-order valence-electron chi connectivity index (χ3n) is 5.11. The molecule has 164 valence electrons. The average molecular weight is 429 g/mol. The molecule has 7 nitrogen and oxygen atoms in total. The maximum atomic E-state index is 13.6. The summed E-state index contributed by atoms with van der Waals surface area (Å²) in [6, 6.07) is 4.57. The van der Waals surface area contributed by atoms with Gasteiger partial charge in [-0.2, -0.15) is 0 Å². The van der Waals surface area contributed by atoms with Crippen LogP contribution >= 0.6 is 0 Å². The molecule has 3 rings (SSSR count). The summed E-state index contributed by atoms with van der Waals surface area (Å²) in [5.74, 6) is -1.20. The summed E-state index contributed by atoms with van der Waals surface area (Å²) in [5.41, 5.74) is 6.96. The molecule has 2 aromatic rings. The number of hydrogen-bond donors (Lipinski definition) is 2. The third kappa shape index (κ3) is 5.42. The lowest BCUT2D eigenvalue weighted by atomic mass is 9.96. The zero-order valence-corrected chi connectivity index (χ0v) is 17.7. The maximum Gasteiger partial charge on any atom is 0.219 e. The highest BCUT2D eigenvalue weighted by Gasteiger charge is 2.26. The highest BCUT2D eigenvalue weighted by Crippen LogP contribution is 2.29. The Morgan fingerprint density at radius 1 is 1.10 bits per heavy atom. The van der Waals surface area contributed by atoms with Crippen molar-refractivity contribution in [1.29, 1.82) is 0 Å². The number of likely N-dealkylation sites (tertiary alicyclic amines) is 1. The first-order valence-corrected chi connectivity index (χ1v) is 9.99. The van der Waals surface area contributed by atoms with E-state index >= 15 is 0 Å². The van der Waals surface area contributed by atoms with Crippen LogP contribution in [-0.4, -0.2) is 39.6 Å². The second kappa shape index (κ2) is 9.20. The lowest BCUT2D eigenvalue weighted by molar-refractivity contribution is -0.130. The molecule has 3 N–H and O–H groups in total. The maximum absolute atomic E-state index is 13.6. The summed E-state index contributed by atoms with van der Waals surface area (Å²) in [6.07, 6.45) is 1.56. The van der Waals surface area contributed by atoms with Gasteiger partial charge in [0.1, 0.15) is 23.3 Å². The summed E-state index contributed by atoms with van der Waals surface area (Å²) in [5, 5.41) is 2.89. The van der Waals surface area contributed by atoms with Crippen LogP contribution in [0.4, 0.5) is 20.3 Å². The van der Waals surface area contributed by atoms with Crippen molar-refractivity contribution in [1.82, 2.24) is 14.9 Å². The Morgan fingerprint density at radius 3 is 2.35 bits per heavy atom. The Kier molecular flexibility index (Phi) is 6.62. The average Bonchev–Trinajstić information content (AvgIpc) is 2.66. The number of rotatable bonds is 5. The molecule has 2 heterocycles. The fourth-order valence-electron chi connectivity index (χ4n) is 3.75. The van der Waals surface area contributed by atoms with Gasteiger partial charge in [-0.05, 0) is 38.8 Å². The number of ketones is 1. The smallest absolute Gasteiger partial charge is 0.219 e. The van der Waals surface area contributed by atoms with Crippen molar-refractivity contribution in [3.63, 3.8) is 0 Å². The van der Waals surface area contributed by atoms with Gasteiger partial charge in [0, 0.05) is 49.4 Å². The molecular formula is C22H25F2N5O2. The van der Waals surface area contributed by atoms with E-state index in [0.29, 0.717) is 30.3 Å². The molecule has 0 radical (unpaired) electrons. The zero-order chi connectivity index (χ0) is 22.7. The molecule has 1 aliphatic heterocycles. The van der Waals surface area contributed by atoms with Gasteiger partial charge in [-0.1, -0.05) is 0 Å². The van der Waals surface area contributed by atoms with Crippen molar-refractivity contribution in [3.05, 3.63) is 53.1 Å². The number of benzene rings is 1. The van der Waals surface area contributed by atoms with Crippen molar-refractivity contribution < 1.29 is 18.4 Å². The number of carbonyl (C=O) groups excluding carboxylic acids is 2. The number of halogens is 2. The number of piperidine rings is 1. The predicted molar refractivity (Wildman–Crippen MR) is 113 cm³/mol. The molecule has 1 unspecified atom stereocenters. The summed E-state index contributed by atoms with van der Waals surface area (Å²) in [6.45, 7) is 5.62. The Hall–Kier alpha value is -3.36. The van der Waals surface area contributed by atoms with Gasteiger partial charge in [-0.25, -0.2) is 18.7 Å². The largest absolute Gasteiger partial charge is 0.402 e. The monoisotopic (exact) mass is 429 g/mol. The van der Waals surface area contributed by atoms with Crippen LogP contribution in [0.25, 0.3) is 5.57 Å². The summed E-state index contributed by atoms with van der Waals surface area (Å²) in [4.78, 5) is 34.9. The van der Waals surface area contributed by atoms with E-state index in [0.717, 1.165) is 31.0 Å². The van der Waals surface area contributed by atoms with Crippen molar-refractivity contribution in [2.24, 2.45) is 5.73 Å². The minimum atomic E-state index is -0.733. The molecule has 1 saturated heterocycles. The van der Waals surface area contributed by atoms with Crippen molar-refractivity contribution in [2.75, 3.05) is 18.4 Å². The summed E-state index contributed by atoms with van der Waals surface area (Å²) >= 11 is 0. The van der Waals surface area contributed by atoms with Crippen LogP contribution in [0.3, 0.4) is 0 Å². The molecule has 0 saturated carbocycles. The number of nitrogens with two attached hydrogens (primary N) is 1. The molecule has 0 bridgehead atoms. The van der Waals surface area contributed by atoms with Crippen LogP contribution in [0, 0.1) is 11.6 Å². The van der Waals surface area contributed by atoms with Crippen molar-refractivity contribution >= 4 is 28.8 Å². The van der Waals surface area contributed by atoms with Gasteiger partial charge in [-0.3, -0.25) is 9.59 Å². The molecule has 0 spiro atoms. The molecule has 1 fully saturated rings. The zero-order valence-electron chi connectivity index (χ0n) is 17.7. The van der Waals surface area contributed by atoms with Crippen LogP contribution in [0.15, 0.2) is 30.0 Å². The lowest BCUT2D eigenvalue weighted by Crippen LogP contribution is -2.38. The molecule has 9 heteroatoms. The standard InChI is InChI=1S/C22H25F2N5O2/c1-12(25)21(13(2)30)19-10-20(26-18-8-16(23)7-17(24)9-18)28-22(27-19)15-5-4-6-29(11-15)14(3)31/h7-10,15H,4-6,11,25H2,1-3H3,(H,26,27,28)/b21-12+. The number of nitrogens with zero attached hydrogens (tertiary/aromatic N) is 3. The van der Waals surface area contributed by atoms with E-state index in [1.54, 1.807) is 11.8 Å². The second-order valence-corrected chi connectivity index (χ2v) is 7.70. The molecule has 1 aromatic carbocycles. The highest BCUT2D eigenvalue weighted by molar-refractivity contribution is 6.19. The van der Waals surface area contributed by atoms with E-state index in [2.05, 4.69) is 15.3 Å². The molecule has 1 aliphatic rings. The van der Waals surface area contributed by atoms with Gasteiger partial charge in [0.15, 0.2) is 5.78 Å². The number of aromatic nitrogens is 2. The van der Waals surface area contributed by atoms with Crippen LogP contribution in [0.2, 0.25) is 0 Å². The molecule has 1 amide bonds. The van der Waals surface area contributed by atoms with Gasteiger partial charge < -0.3 is 16.0 Å². The fraction of sp³-hybridized carbons (Fsp3) is 0.364. The normalized spacial score (nSPS) is 17.2. The topological polar surface area (TPSA) is 101 Å². The van der Waals surface area contributed by atoms with E-state index in [1.807, 2.05) is 0 Å². The van der Waals surface area contributed by atoms with Gasteiger partial charge in [0.25, 0.3) is 0 Å². The number of amides is 1. The minimum absolute atomic E-state index is 0.0310. The van der Waals surface area contributed by atoms with Crippen LogP contribution in [0.1, 0.15) is 51.0 Å². The number of allylic oxidation sites excluding steroid dienone is 2. The van der Waals surface area contributed by atoms with E-state index in [1.165, 1.54) is 19.9 Å². The fourth-order valence-corrected chi connectivity index (χ4v) is 3.75. The highest BCUT2D eigenvalue weighted by atomic mass is 19.1. The Balaban J connectivity index is 2.06. The van der Waals surface area contributed by atoms with Gasteiger partial charge in [0.05, 0.1) is 11.3 Å². The summed E-state index contributed by atoms with van der Waals surface area (Å²) in [7, 11) is 0. The Labute approximate surface area is 179 Å². The van der Waals surface area contributed by atoms with E-state index in [9.17, 15) is 18.4 Å². The van der Waals surface area contributed by atoms with E-state index < -0.39 is 11.6 Å². The number of carbonyl (C=O) groups is 2. The van der Waals surface area contributed by atoms with Crippen LogP contribution in [-0.2, 0) is 9.59 Å². The third-order valence-corrected chi connectivity index (χ3v) is 5.11. The quantitative estimate of drug-likeness (QED) is 0.706. The Bertz CT molecular complexity index is 1030. The van der Waals surface area contributed by atoms with Crippen LogP contribution < -0.4 is 11.1 Å². The molecule has 1 atom stereocenters. The van der Waals surface area contributed by atoms with Crippen LogP contribution in [0.5, 0.6) is 0 Å². The molecule has 1 aromatic heterocycles. The van der Waals surface area contributed by atoms with Gasteiger partial charge in [-0.15, -0.1) is 0 Å². The van der Waals surface area contributed by atoms with E-state index in [4.69, 9.17) is 5.73 Å².